The van der Waals surface area contributed by atoms with Crippen LogP contribution in [0.1, 0.15) is 25.3 Å². The first-order valence-corrected chi connectivity index (χ1v) is 8.37. The van der Waals surface area contributed by atoms with E-state index in [9.17, 15) is 4.79 Å². The van der Waals surface area contributed by atoms with E-state index in [1.165, 1.54) is 0 Å². The maximum atomic E-state index is 12.0. The summed E-state index contributed by atoms with van der Waals surface area (Å²) in [6.45, 7) is 2.55. The number of hydrogen-bond acceptors (Lipinski definition) is 6. The Hall–Kier alpha value is -3.16. The van der Waals surface area contributed by atoms with Gasteiger partial charge in [-0.2, -0.15) is 4.98 Å². The number of nitrogens with one attached hydrogen (secondary N) is 1. The molecule has 136 valence electrons. The van der Waals surface area contributed by atoms with Gasteiger partial charge in [0, 0.05) is 37.8 Å². The van der Waals surface area contributed by atoms with Crippen molar-refractivity contribution in [2.75, 3.05) is 13.7 Å². The Bertz CT molecular complexity index is 844. The van der Waals surface area contributed by atoms with E-state index in [-0.39, 0.29) is 18.4 Å². The van der Waals surface area contributed by atoms with Crippen LogP contribution >= 0.6 is 0 Å². The van der Waals surface area contributed by atoms with Crippen molar-refractivity contribution in [2.24, 2.45) is 0 Å². The molecule has 0 radical (unpaired) electrons. The lowest BCUT2D eigenvalue weighted by Crippen LogP contribution is -2.29. The van der Waals surface area contributed by atoms with Gasteiger partial charge < -0.3 is 19.1 Å². The largest absolute Gasteiger partial charge is 0.496 e. The average molecular weight is 355 g/mol. The number of hydrogen-bond donors (Lipinski definition) is 1. The first kappa shape index (κ1) is 17.7. The maximum absolute atomic E-state index is 12.0. The molecule has 2 heterocycles. The van der Waals surface area contributed by atoms with E-state index in [0.29, 0.717) is 30.4 Å². The zero-order valence-electron chi connectivity index (χ0n) is 14.8. The molecule has 3 rings (SSSR count). The van der Waals surface area contributed by atoms with Gasteiger partial charge in [-0.3, -0.25) is 4.79 Å². The molecular formula is C18H21N5O3. The van der Waals surface area contributed by atoms with Crippen molar-refractivity contribution >= 4 is 5.91 Å². The number of amides is 1. The Labute approximate surface area is 151 Å². The number of benzene rings is 1. The summed E-state index contributed by atoms with van der Waals surface area (Å²) in [5.74, 6) is 1.48. The van der Waals surface area contributed by atoms with E-state index in [1.807, 2.05) is 42.0 Å². The predicted molar refractivity (Wildman–Crippen MR) is 94.6 cm³/mol. The van der Waals surface area contributed by atoms with Gasteiger partial charge >= 0.3 is 0 Å². The van der Waals surface area contributed by atoms with Gasteiger partial charge in [0.15, 0.2) is 0 Å². The van der Waals surface area contributed by atoms with Gasteiger partial charge in [0.05, 0.1) is 19.0 Å². The van der Waals surface area contributed by atoms with Crippen molar-refractivity contribution in [3.63, 3.8) is 0 Å². The van der Waals surface area contributed by atoms with Crippen molar-refractivity contribution < 1.29 is 14.1 Å². The van der Waals surface area contributed by atoms with Crippen molar-refractivity contribution in [1.29, 1.82) is 0 Å². The minimum Gasteiger partial charge on any atom is -0.496 e. The smallest absolute Gasteiger partial charge is 0.227 e. The third kappa shape index (κ3) is 4.27. The lowest BCUT2D eigenvalue weighted by Gasteiger charge is -2.13. The standard InChI is InChI=1S/C18H21N5O3/c1-13(23-10-9-19-12-23)11-20-16(24)7-8-17-21-18(22-26-17)14-5-3-4-6-15(14)25-2/h3-6,9-10,12-13H,7-8,11H2,1-2H3,(H,20,24). The molecule has 0 saturated carbocycles. The molecule has 0 fully saturated rings. The number of carbonyl (C=O) groups excluding carboxylic acids is 1. The summed E-state index contributed by atoms with van der Waals surface area (Å²) in [6, 6.07) is 7.58. The van der Waals surface area contributed by atoms with Crippen LogP contribution in [-0.2, 0) is 11.2 Å². The number of imidazole rings is 1. The summed E-state index contributed by atoms with van der Waals surface area (Å²) in [5.41, 5.74) is 0.753. The molecule has 3 aromatic rings. The molecule has 0 aliphatic rings. The van der Waals surface area contributed by atoms with Gasteiger partial charge in [-0.15, -0.1) is 0 Å². The Morgan fingerprint density at radius 1 is 1.38 bits per heavy atom. The number of methoxy groups -OCH3 is 1. The first-order chi connectivity index (χ1) is 12.7. The van der Waals surface area contributed by atoms with Crippen LogP contribution in [-0.4, -0.2) is 39.3 Å². The number of ether oxygens (including phenoxy) is 1. The minimum absolute atomic E-state index is 0.0611. The molecule has 1 N–H and O–H groups in total. The summed E-state index contributed by atoms with van der Waals surface area (Å²) in [4.78, 5) is 20.4. The molecule has 0 saturated heterocycles. The van der Waals surface area contributed by atoms with Crippen LogP contribution < -0.4 is 10.1 Å². The van der Waals surface area contributed by atoms with Crippen LogP contribution in [0.5, 0.6) is 5.75 Å². The van der Waals surface area contributed by atoms with Gasteiger partial charge in [-0.05, 0) is 19.1 Å². The third-order valence-electron chi connectivity index (χ3n) is 4.01. The molecule has 0 spiro atoms. The number of para-hydroxylation sites is 1. The van der Waals surface area contributed by atoms with E-state index in [4.69, 9.17) is 9.26 Å². The van der Waals surface area contributed by atoms with Gasteiger partial charge in [-0.1, -0.05) is 17.3 Å². The predicted octanol–water partition coefficient (Wildman–Crippen LogP) is 2.25. The molecule has 2 aromatic heterocycles. The van der Waals surface area contributed by atoms with Gasteiger partial charge in [0.1, 0.15) is 5.75 Å². The molecule has 0 aliphatic carbocycles. The van der Waals surface area contributed by atoms with Gasteiger partial charge in [0.2, 0.25) is 17.6 Å². The van der Waals surface area contributed by atoms with Crippen LogP contribution in [0.15, 0.2) is 47.5 Å². The highest BCUT2D eigenvalue weighted by molar-refractivity contribution is 5.76. The fourth-order valence-corrected chi connectivity index (χ4v) is 2.50. The molecule has 1 atom stereocenters. The summed E-state index contributed by atoms with van der Waals surface area (Å²) >= 11 is 0. The van der Waals surface area contributed by atoms with Crippen molar-refractivity contribution in [1.82, 2.24) is 25.0 Å². The number of aromatic nitrogens is 4. The minimum atomic E-state index is -0.0611. The van der Waals surface area contributed by atoms with E-state index < -0.39 is 0 Å². The fraction of sp³-hybridized carbons (Fsp3) is 0.333. The zero-order valence-corrected chi connectivity index (χ0v) is 14.8. The number of carbonyl (C=O) groups is 1. The van der Waals surface area contributed by atoms with Crippen LogP contribution in [0.2, 0.25) is 0 Å². The summed E-state index contributed by atoms with van der Waals surface area (Å²) < 4.78 is 12.5. The fourth-order valence-electron chi connectivity index (χ4n) is 2.50. The number of rotatable bonds is 8. The molecular weight excluding hydrogens is 334 g/mol. The monoisotopic (exact) mass is 355 g/mol. The van der Waals surface area contributed by atoms with Crippen molar-refractivity contribution in [2.45, 2.75) is 25.8 Å². The van der Waals surface area contributed by atoms with Crippen LogP contribution in [0.25, 0.3) is 11.4 Å². The van der Waals surface area contributed by atoms with Crippen LogP contribution in [0, 0.1) is 0 Å². The normalized spacial score (nSPS) is 11.9. The van der Waals surface area contributed by atoms with Crippen molar-refractivity contribution in [3.8, 4) is 17.1 Å². The second kappa shape index (κ2) is 8.28. The van der Waals surface area contributed by atoms with E-state index in [0.717, 1.165) is 5.56 Å². The SMILES string of the molecule is COc1ccccc1-c1noc(CCC(=O)NCC(C)n2ccnc2)n1. The van der Waals surface area contributed by atoms with Gasteiger partial charge in [-0.25, -0.2) is 4.98 Å². The third-order valence-corrected chi connectivity index (χ3v) is 4.01. The molecule has 8 heteroatoms. The van der Waals surface area contributed by atoms with E-state index >= 15 is 0 Å². The first-order valence-electron chi connectivity index (χ1n) is 8.37. The Morgan fingerprint density at radius 3 is 3.00 bits per heavy atom. The molecule has 1 unspecified atom stereocenters. The topological polar surface area (TPSA) is 95.1 Å². The van der Waals surface area contributed by atoms with Crippen LogP contribution in [0.4, 0.5) is 0 Å². The Morgan fingerprint density at radius 2 is 2.23 bits per heavy atom. The maximum Gasteiger partial charge on any atom is 0.227 e. The van der Waals surface area contributed by atoms with Crippen LogP contribution in [0.3, 0.4) is 0 Å². The van der Waals surface area contributed by atoms with E-state index in [1.54, 1.807) is 19.6 Å². The number of nitrogens with zero attached hydrogens (tertiary/aromatic N) is 4. The summed E-state index contributed by atoms with van der Waals surface area (Å²) in [6.07, 6.45) is 5.98. The Balaban J connectivity index is 1.51. The highest BCUT2D eigenvalue weighted by atomic mass is 16.5. The molecule has 26 heavy (non-hydrogen) atoms. The zero-order chi connectivity index (χ0) is 18.4. The molecule has 0 aliphatic heterocycles. The summed E-state index contributed by atoms with van der Waals surface area (Å²) in [5, 5.41) is 6.87. The lowest BCUT2D eigenvalue weighted by atomic mass is 10.2. The van der Waals surface area contributed by atoms with Crippen molar-refractivity contribution in [3.05, 3.63) is 48.9 Å². The highest BCUT2D eigenvalue weighted by Crippen LogP contribution is 2.27. The lowest BCUT2D eigenvalue weighted by molar-refractivity contribution is -0.121. The average Bonchev–Trinajstić information content (AvgIpc) is 3.36. The second-order valence-corrected chi connectivity index (χ2v) is 5.88. The quantitative estimate of drug-likeness (QED) is 0.666. The Kier molecular flexibility index (Phi) is 5.62. The van der Waals surface area contributed by atoms with E-state index in [2.05, 4.69) is 20.4 Å². The molecule has 1 aromatic carbocycles. The molecule has 0 bridgehead atoms. The molecule has 1 amide bonds. The highest BCUT2D eigenvalue weighted by Gasteiger charge is 2.14. The van der Waals surface area contributed by atoms with Gasteiger partial charge in [0.25, 0.3) is 0 Å². The number of aryl methyl sites for hydroxylation is 1. The molecule has 8 nitrogen and oxygen atoms in total. The second-order valence-electron chi connectivity index (χ2n) is 5.88. The summed E-state index contributed by atoms with van der Waals surface area (Å²) in [7, 11) is 1.59.